The van der Waals surface area contributed by atoms with Crippen LogP contribution in [0, 0.1) is 0 Å². The van der Waals surface area contributed by atoms with Crippen molar-refractivity contribution in [3.63, 3.8) is 0 Å². The minimum atomic E-state index is -0.934. The molecule has 1 aromatic rings. The van der Waals surface area contributed by atoms with E-state index in [-0.39, 0.29) is 0 Å². The number of carboxylic acid groups (broad SMARTS) is 1. The summed E-state index contributed by atoms with van der Waals surface area (Å²) in [6, 6.07) is 6.12. The van der Waals surface area contributed by atoms with E-state index >= 15 is 0 Å². The van der Waals surface area contributed by atoms with Crippen molar-refractivity contribution in [2.45, 2.75) is 37.1 Å². The summed E-state index contributed by atoms with van der Waals surface area (Å²) in [5.74, 6) is 0.338. The number of thioether (sulfide) groups is 1. The van der Waals surface area contributed by atoms with Crippen molar-refractivity contribution in [1.82, 2.24) is 0 Å². The highest BCUT2D eigenvalue weighted by Gasteiger charge is 2.26. The van der Waals surface area contributed by atoms with E-state index in [9.17, 15) is 4.79 Å². The van der Waals surface area contributed by atoms with E-state index in [1.165, 1.54) is 22.6 Å². The maximum Gasteiger partial charge on any atom is 0.328 e. The Morgan fingerprint density at radius 1 is 1.47 bits per heavy atom. The van der Waals surface area contributed by atoms with Crippen LogP contribution in [0.25, 0.3) is 0 Å². The third-order valence-electron chi connectivity index (χ3n) is 2.90. The van der Waals surface area contributed by atoms with E-state index in [2.05, 4.69) is 17.4 Å². The van der Waals surface area contributed by atoms with Gasteiger partial charge in [-0.05, 0) is 56.2 Å². The molecule has 0 atom stereocenters. The summed E-state index contributed by atoms with van der Waals surface area (Å²) in [6.45, 7) is 3.34. The van der Waals surface area contributed by atoms with Gasteiger partial charge < -0.3 is 10.4 Å². The Morgan fingerprint density at radius 3 is 2.94 bits per heavy atom. The van der Waals surface area contributed by atoms with Gasteiger partial charge in [0.15, 0.2) is 0 Å². The van der Waals surface area contributed by atoms with Crippen LogP contribution in [0.1, 0.15) is 25.8 Å². The van der Waals surface area contributed by atoms with E-state index in [0.29, 0.717) is 0 Å². The average molecular weight is 251 g/mol. The van der Waals surface area contributed by atoms with Gasteiger partial charge in [-0.2, -0.15) is 0 Å². The Balaban J connectivity index is 2.20. The summed E-state index contributed by atoms with van der Waals surface area (Å²) < 4.78 is 0. The zero-order valence-corrected chi connectivity index (χ0v) is 10.9. The third-order valence-corrected chi connectivity index (χ3v) is 4.10. The van der Waals surface area contributed by atoms with Crippen molar-refractivity contribution in [2.75, 3.05) is 11.1 Å². The molecule has 0 saturated carbocycles. The lowest BCUT2D eigenvalue weighted by atomic mass is 10.0. The van der Waals surface area contributed by atoms with Gasteiger partial charge in [-0.25, -0.2) is 4.79 Å². The molecular formula is C13H17NO2S. The number of nitrogens with one attached hydrogen (secondary N) is 1. The highest BCUT2D eigenvalue weighted by molar-refractivity contribution is 7.99. The molecule has 0 amide bonds. The Kier molecular flexibility index (Phi) is 3.33. The Morgan fingerprint density at radius 2 is 2.24 bits per heavy atom. The number of anilines is 1. The monoisotopic (exact) mass is 251 g/mol. The molecule has 92 valence electrons. The van der Waals surface area contributed by atoms with Crippen LogP contribution in [0.4, 0.5) is 5.69 Å². The zero-order chi connectivity index (χ0) is 12.5. The number of aryl methyl sites for hydroxylation is 1. The predicted octanol–water partition coefficient (Wildman–Crippen LogP) is 3.00. The lowest BCUT2D eigenvalue weighted by molar-refractivity contribution is -0.141. The van der Waals surface area contributed by atoms with Crippen LogP contribution in [0.3, 0.4) is 0 Å². The first kappa shape index (κ1) is 12.3. The van der Waals surface area contributed by atoms with Crippen molar-refractivity contribution < 1.29 is 9.90 Å². The molecule has 17 heavy (non-hydrogen) atoms. The first-order valence-electron chi connectivity index (χ1n) is 5.76. The number of hydrogen-bond acceptors (Lipinski definition) is 3. The number of fused-ring (bicyclic) bond motifs is 1. The summed E-state index contributed by atoms with van der Waals surface area (Å²) in [6.07, 6.45) is 2.29. The fraction of sp³-hybridized carbons (Fsp3) is 0.462. The van der Waals surface area contributed by atoms with Crippen molar-refractivity contribution in [3.8, 4) is 0 Å². The lowest BCUT2D eigenvalue weighted by Crippen LogP contribution is -2.39. The third kappa shape index (κ3) is 2.75. The lowest BCUT2D eigenvalue weighted by Gasteiger charge is -2.24. The van der Waals surface area contributed by atoms with Crippen LogP contribution >= 0.6 is 11.8 Å². The molecule has 2 rings (SSSR count). The van der Waals surface area contributed by atoms with Gasteiger partial charge in [-0.1, -0.05) is 0 Å². The highest BCUT2D eigenvalue weighted by Crippen LogP contribution is 2.32. The molecule has 3 nitrogen and oxygen atoms in total. The maximum atomic E-state index is 11.0. The summed E-state index contributed by atoms with van der Waals surface area (Å²) in [5.41, 5.74) is 1.28. The van der Waals surface area contributed by atoms with Crippen LogP contribution in [0.5, 0.6) is 0 Å². The summed E-state index contributed by atoms with van der Waals surface area (Å²) in [5, 5.41) is 12.1. The van der Waals surface area contributed by atoms with Gasteiger partial charge in [0.25, 0.3) is 0 Å². The average Bonchev–Trinajstić information content (AvgIpc) is 2.28. The molecule has 0 radical (unpaired) electrons. The van der Waals surface area contributed by atoms with E-state index in [0.717, 1.165) is 12.1 Å². The molecule has 1 aliphatic rings. The number of benzene rings is 1. The molecule has 2 N–H and O–H groups in total. The molecule has 0 fully saturated rings. The molecule has 0 spiro atoms. The molecule has 4 heteroatoms. The molecule has 0 aromatic heterocycles. The van der Waals surface area contributed by atoms with E-state index in [1.807, 2.05) is 17.8 Å². The van der Waals surface area contributed by atoms with E-state index < -0.39 is 11.5 Å². The molecule has 0 aliphatic carbocycles. The molecular weight excluding hydrogens is 234 g/mol. The standard InChI is InChI=1S/C13H17NO2S/c1-13(2,12(15)16)14-10-5-6-11-9(8-10)4-3-7-17-11/h5-6,8,14H,3-4,7H2,1-2H3,(H,15,16). The Bertz CT molecular complexity index is 443. The topological polar surface area (TPSA) is 49.3 Å². The second-order valence-electron chi connectivity index (χ2n) is 4.83. The van der Waals surface area contributed by atoms with Crippen molar-refractivity contribution in [3.05, 3.63) is 23.8 Å². The minimum Gasteiger partial charge on any atom is -0.480 e. The maximum absolute atomic E-state index is 11.0. The number of hydrogen-bond donors (Lipinski definition) is 2. The van der Waals surface area contributed by atoms with Gasteiger partial charge in [0.1, 0.15) is 5.54 Å². The summed E-state index contributed by atoms with van der Waals surface area (Å²) >= 11 is 1.88. The fourth-order valence-electron chi connectivity index (χ4n) is 1.85. The molecule has 1 heterocycles. The normalized spacial score (nSPS) is 15.2. The number of carboxylic acids is 1. The molecule has 0 saturated heterocycles. The van der Waals surface area contributed by atoms with Crippen molar-refractivity contribution in [2.24, 2.45) is 0 Å². The molecule has 1 aromatic carbocycles. The summed E-state index contributed by atoms with van der Waals surface area (Å²) in [4.78, 5) is 12.4. The first-order chi connectivity index (χ1) is 7.99. The van der Waals surface area contributed by atoms with E-state index in [1.54, 1.807) is 13.8 Å². The van der Waals surface area contributed by atoms with Gasteiger partial charge in [-0.3, -0.25) is 0 Å². The number of carbonyl (C=O) groups is 1. The van der Waals surface area contributed by atoms with Gasteiger partial charge >= 0.3 is 5.97 Å². The summed E-state index contributed by atoms with van der Waals surface area (Å²) in [7, 11) is 0. The smallest absolute Gasteiger partial charge is 0.328 e. The largest absolute Gasteiger partial charge is 0.480 e. The quantitative estimate of drug-likeness (QED) is 0.867. The van der Waals surface area contributed by atoms with Gasteiger partial charge in [0.05, 0.1) is 0 Å². The second kappa shape index (κ2) is 4.61. The molecule has 0 unspecified atom stereocenters. The highest BCUT2D eigenvalue weighted by atomic mass is 32.2. The van der Waals surface area contributed by atoms with Gasteiger partial charge in [-0.15, -0.1) is 11.8 Å². The fourth-order valence-corrected chi connectivity index (χ4v) is 2.87. The van der Waals surface area contributed by atoms with Gasteiger partial charge in [0.2, 0.25) is 0 Å². The van der Waals surface area contributed by atoms with Crippen LogP contribution in [-0.4, -0.2) is 22.4 Å². The second-order valence-corrected chi connectivity index (χ2v) is 5.97. The predicted molar refractivity (Wildman–Crippen MR) is 70.8 cm³/mol. The first-order valence-corrected chi connectivity index (χ1v) is 6.75. The van der Waals surface area contributed by atoms with Gasteiger partial charge in [0, 0.05) is 10.6 Å². The number of aliphatic carboxylic acids is 1. The zero-order valence-electron chi connectivity index (χ0n) is 10.1. The Hall–Kier alpha value is -1.16. The van der Waals surface area contributed by atoms with Crippen LogP contribution in [0.15, 0.2) is 23.1 Å². The van der Waals surface area contributed by atoms with Crippen molar-refractivity contribution >= 4 is 23.4 Å². The minimum absolute atomic E-state index is 0.843. The SMILES string of the molecule is CC(C)(Nc1ccc2c(c1)CCCS2)C(=O)O. The molecule has 1 aliphatic heterocycles. The van der Waals surface area contributed by atoms with Crippen LogP contribution < -0.4 is 5.32 Å². The van der Waals surface area contributed by atoms with Crippen LogP contribution in [0.2, 0.25) is 0 Å². The Labute approximate surface area is 106 Å². The van der Waals surface area contributed by atoms with Crippen LogP contribution in [-0.2, 0) is 11.2 Å². The number of rotatable bonds is 3. The molecule has 0 bridgehead atoms. The van der Waals surface area contributed by atoms with E-state index in [4.69, 9.17) is 5.11 Å². The van der Waals surface area contributed by atoms with Crippen molar-refractivity contribution in [1.29, 1.82) is 0 Å².